The van der Waals surface area contributed by atoms with Crippen molar-refractivity contribution in [1.29, 1.82) is 0 Å². The Balaban J connectivity index is 1.23. The first-order valence-corrected chi connectivity index (χ1v) is 22.9. The predicted molar refractivity (Wildman–Crippen MR) is 237 cm³/mol. The molecule has 0 aromatic heterocycles. The highest BCUT2D eigenvalue weighted by molar-refractivity contribution is 7.94. The Morgan fingerprint density at radius 2 is 0.621 bits per heavy atom. The van der Waals surface area contributed by atoms with E-state index in [0.717, 1.165) is 11.1 Å². The van der Waals surface area contributed by atoms with Crippen LogP contribution in [0, 0.1) is 41.5 Å². The van der Waals surface area contributed by atoms with E-state index in [1.165, 1.54) is 0 Å². The van der Waals surface area contributed by atoms with E-state index in [1.807, 2.05) is 64.1 Å². The Labute approximate surface area is 341 Å². The van der Waals surface area contributed by atoms with E-state index in [1.54, 1.807) is 111 Å². The molecular formula is C50H48O6P2. The van der Waals surface area contributed by atoms with E-state index in [2.05, 4.69) is 0 Å². The third-order valence-corrected chi connectivity index (χ3v) is 16.7. The maximum Gasteiger partial charge on any atom is 0.230 e. The van der Waals surface area contributed by atoms with Crippen molar-refractivity contribution in [3.63, 3.8) is 0 Å². The molecule has 0 unspecified atom stereocenters. The van der Waals surface area contributed by atoms with Crippen LogP contribution in [0.15, 0.2) is 133 Å². The van der Waals surface area contributed by atoms with Gasteiger partial charge in [0.25, 0.3) is 0 Å². The third-order valence-electron chi connectivity index (χ3n) is 11.0. The Hall–Kier alpha value is -5.54. The lowest BCUT2D eigenvalue weighted by atomic mass is 9.89. The zero-order valence-corrected chi connectivity index (χ0v) is 35.7. The number of hydrogen-bond acceptors (Lipinski definition) is 6. The third kappa shape index (κ3) is 7.84. The van der Waals surface area contributed by atoms with Crippen molar-refractivity contribution in [3.8, 4) is 0 Å². The number of rotatable bonds is 15. The average Bonchev–Trinajstić information content (AvgIpc) is 3.22. The summed E-state index contributed by atoms with van der Waals surface area (Å²) < 4.78 is 30.0. The molecule has 6 rings (SSSR count). The van der Waals surface area contributed by atoms with Crippen LogP contribution < -0.4 is 21.2 Å². The Morgan fingerprint density at radius 1 is 0.379 bits per heavy atom. The molecule has 0 aliphatic rings. The summed E-state index contributed by atoms with van der Waals surface area (Å²) >= 11 is 0. The lowest BCUT2D eigenvalue weighted by molar-refractivity contribution is 0.0952. The van der Waals surface area contributed by atoms with Gasteiger partial charge in [0.05, 0.1) is 0 Å². The molecule has 294 valence electrons. The van der Waals surface area contributed by atoms with Gasteiger partial charge >= 0.3 is 0 Å². The molecular weight excluding hydrogens is 758 g/mol. The number of carbonyl (C=O) groups excluding carboxylic acids is 4. The molecule has 0 amide bonds. The standard InChI is InChI=1S/C50H48O6P2/c1-33-31-35(3)47(49(53)57(55,39-21-11-7-12-22-39)40-23-13-8-14-24-40)37(5)45(33)43(51)29-19-20-30-44(52)46-34(2)32-36(4)48(38(46)6)50(54)58(56,41-25-15-9-16-26-41)42-27-17-10-18-28-42/h7-18,21-28,31-32H,19-20,29-30H2,1-6H3. The first-order valence-electron chi connectivity index (χ1n) is 19.5. The van der Waals surface area contributed by atoms with Gasteiger partial charge in [0, 0.05) is 56.3 Å². The van der Waals surface area contributed by atoms with Crippen LogP contribution in [0.4, 0.5) is 0 Å². The van der Waals surface area contributed by atoms with Gasteiger partial charge in [-0.25, -0.2) is 0 Å². The Morgan fingerprint density at radius 3 is 0.879 bits per heavy atom. The molecule has 0 N–H and O–H groups in total. The highest BCUT2D eigenvalue weighted by atomic mass is 31.2. The van der Waals surface area contributed by atoms with Crippen LogP contribution in [0.25, 0.3) is 0 Å². The zero-order valence-electron chi connectivity index (χ0n) is 33.9. The zero-order chi connectivity index (χ0) is 41.8. The van der Waals surface area contributed by atoms with Gasteiger partial charge < -0.3 is 9.13 Å². The van der Waals surface area contributed by atoms with Crippen LogP contribution in [-0.4, -0.2) is 22.6 Å². The molecule has 0 saturated heterocycles. The summed E-state index contributed by atoms with van der Waals surface area (Å²) in [5, 5.41) is 1.72. The maximum atomic E-state index is 15.0. The van der Waals surface area contributed by atoms with Crippen molar-refractivity contribution in [2.75, 3.05) is 0 Å². The smallest absolute Gasteiger partial charge is 0.230 e. The summed E-state index contributed by atoms with van der Waals surface area (Å²) in [6.45, 7) is 10.8. The van der Waals surface area contributed by atoms with Crippen LogP contribution in [0.3, 0.4) is 0 Å². The number of Topliss-reactive ketones (excluding diaryl/α,β-unsaturated/α-hetero) is 2. The van der Waals surface area contributed by atoms with E-state index < -0.39 is 25.3 Å². The van der Waals surface area contributed by atoms with Crippen molar-refractivity contribution in [2.45, 2.75) is 67.2 Å². The average molecular weight is 807 g/mol. The summed E-state index contributed by atoms with van der Waals surface area (Å²) in [6, 6.07) is 38.7. The minimum atomic E-state index is -3.81. The molecule has 0 heterocycles. The fourth-order valence-corrected chi connectivity index (χ4v) is 13.6. The summed E-state index contributed by atoms with van der Waals surface area (Å²) in [5.41, 5.74) is 4.20. The number of ketones is 2. The summed E-state index contributed by atoms with van der Waals surface area (Å²) in [4.78, 5) is 57.0. The number of carbonyl (C=O) groups is 4. The van der Waals surface area contributed by atoms with Gasteiger partial charge in [0.1, 0.15) is 0 Å². The van der Waals surface area contributed by atoms with Gasteiger partial charge in [-0.2, -0.15) is 0 Å². The van der Waals surface area contributed by atoms with Gasteiger partial charge in [0.15, 0.2) is 11.6 Å². The topological polar surface area (TPSA) is 102 Å². The Bertz CT molecular complexity index is 2360. The van der Waals surface area contributed by atoms with Gasteiger partial charge in [-0.1, -0.05) is 133 Å². The Kier molecular flexibility index (Phi) is 12.7. The van der Waals surface area contributed by atoms with Crippen LogP contribution in [-0.2, 0) is 9.13 Å². The van der Waals surface area contributed by atoms with Gasteiger partial charge in [-0.05, 0) is 87.8 Å². The molecule has 0 saturated carbocycles. The van der Waals surface area contributed by atoms with Crippen molar-refractivity contribution < 1.29 is 28.3 Å². The summed E-state index contributed by atoms with van der Waals surface area (Å²) in [6.07, 6.45) is 1.13. The van der Waals surface area contributed by atoms with E-state index in [4.69, 9.17) is 0 Å². The molecule has 0 fully saturated rings. The van der Waals surface area contributed by atoms with Crippen LogP contribution in [0.2, 0.25) is 0 Å². The molecule has 0 bridgehead atoms. The molecule has 6 aromatic rings. The number of aryl methyl sites for hydroxylation is 4. The summed E-state index contributed by atoms with van der Waals surface area (Å²) in [7, 11) is -7.62. The van der Waals surface area contributed by atoms with Crippen LogP contribution >= 0.6 is 14.3 Å². The highest BCUT2D eigenvalue weighted by Crippen LogP contribution is 2.50. The number of hydrogen-bond donors (Lipinski definition) is 0. The normalized spacial score (nSPS) is 11.6. The second-order valence-corrected chi connectivity index (χ2v) is 20.3. The highest BCUT2D eigenvalue weighted by Gasteiger charge is 2.40. The van der Waals surface area contributed by atoms with Gasteiger partial charge in [-0.3, -0.25) is 19.2 Å². The molecule has 0 spiro atoms. The monoisotopic (exact) mass is 806 g/mol. The molecule has 0 atom stereocenters. The van der Waals surface area contributed by atoms with Crippen molar-refractivity contribution in [2.24, 2.45) is 0 Å². The quantitative estimate of drug-likeness (QED) is 0.0582. The first kappa shape index (κ1) is 42.1. The fourth-order valence-electron chi connectivity index (χ4n) is 8.34. The summed E-state index contributed by atoms with van der Waals surface area (Å²) in [5.74, 6) is -0.308. The van der Waals surface area contributed by atoms with Crippen molar-refractivity contribution >= 4 is 58.1 Å². The maximum absolute atomic E-state index is 15.0. The second kappa shape index (κ2) is 17.5. The molecule has 58 heavy (non-hydrogen) atoms. The largest absolute Gasteiger partial charge is 0.305 e. The fraction of sp³-hybridized carbons (Fsp3) is 0.200. The molecule has 6 nitrogen and oxygen atoms in total. The van der Waals surface area contributed by atoms with Gasteiger partial charge in [0.2, 0.25) is 25.3 Å². The minimum absolute atomic E-state index is 0.146. The van der Waals surface area contributed by atoms with Crippen LogP contribution in [0.1, 0.15) is 100 Å². The van der Waals surface area contributed by atoms with E-state index in [-0.39, 0.29) is 24.4 Å². The van der Waals surface area contributed by atoms with Crippen LogP contribution in [0.5, 0.6) is 0 Å². The molecule has 8 heteroatoms. The molecule has 0 radical (unpaired) electrons. The predicted octanol–water partition coefficient (Wildman–Crippen LogP) is 10.5. The molecule has 6 aromatic carbocycles. The number of benzene rings is 6. The lowest BCUT2D eigenvalue weighted by Gasteiger charge is -2.22. The first-order chi connectivity index (χ1) is 27.7. The van der Waals surface area contributed by atoms with E-state index in [9.17, 15) is 28.3 Å². The van der Waals surface area contributed by atoms with Crippen molar-refractivity contribution in [3.05, 3.63) is 189 Å². The van der Waals surface area contributed by atoms with Gasteiger partial charge in [-0.15, -0.1) is 0 Å². The lowest BCUT2D eigenvalue weighted by Crippen LogP contribution is -2.24. The number of unbranched alkanes of at least 4 members (excludes halogenated alkanes) is 1. The second-order valence-electron chi connectivity index (χ2n) is 15.0. The van der Waals surface area contributed by atoms with E-state index >= 15 is 0 Å². The minimum Gasteiger partial charge on any atom is -0.305 e. The van der Waals surface area contributed by atoms with E-state index in [0.29, 0.717) is 78.6 Å². The SMILES string of the molecule is Cc1cc(C)c(C(=O)P(=O)(c2ccccc2)c2ccccc2)c(C)c1C(=O)CCCCC(=O)c1c(C)cc(C)c(C(=O)P(=O)(c2ccccc2)c2ccccc2)c1C. The molecule has 0 aliphatic carbocycles. The van der Waals surface area contributed by atoms with Crippen molar-refractivity contribution in [1.82, 2.24) is 0 Å². The molecule has 0 aliphatic heterocycles.